The number of halogens is 1. The lowest BCUT2D eigenvalue weighted by Gasteiger charge is -2.12. The Morgan fingerprint density at radius 1 is 1.19 bits per heavy atom. The van der Waals surface area contributed by atoms with Gasteiger partial charge in [-0.2, -0.15) is 0 Å². The summed E-state index contributed by atoms with van der Waals surface area (Å²) >= 11 is 3.41. The zero-order valence-electron chi connectivity index (χ0n) is 14.3. The molecule has 2 aromatic carbocycles. The number of amides is 1. The number of carbonyl (C=O) groups is 1. The molecule has 0 fully saturated rings. The van der Waals surface area contributed by atoms with Crippen LogP contribution in [0.25, 0.3) is 6.08 Å². The van der Waals surface area contributed by atoms with Gasteiger partial charge in [-0.1, -0.05) is 63.6 Å². The van der Waals surface area contributed by atoms with Crippen LogP contribution in [0.5, 0.6) is 0 Å². The van der Waals surface area contributed by atoms with Crippen molar-refractivity contribution in [3.63, 3.8) is 0 Å². The first-order valence-electron chi connectivity index (χ1n) is 8.28. The Labute approximate surface area is 160 Å². The summed E-state index contributed by atoms with van der Waals surface area (Å²) in [6.07, 6.45) is 4.96. The first-order chi connectivity index (χ1) is 12.6. The second-order valence-electron chi connectivity index (χ2n) is 5.94. The molecule has 26 heavy (non-hydrogen) atoms. The van der Waals surface area contributed by atoms with Crippen molar-refractivity contribution >= 4 is 27.9 Å². The van der Waals surface area contributed by atoms with Crippen LogP contribution in [0.2, 0.25) is 0 Å². The second kappa shape index (κ2) is 8.58. The summed E-state index contributed by atoms with van der Waals surface area (Å²) in [6.45, 7) is 2.60. The van der Waals surface area contributed by atoms with E-state index in [-0.39, 0.29) is 11.9 Å². The van der Waals surface area contributed by atoms with E-state index in [1.54, 1.807) is 10.8 Å². The summed E-state index contributed by atoms with van der Waals surface area (Å²) in [5.74, 6) is -0.168. The topological polar surface area (TPSA) is 59.8 Å². The minimum atomic E-state index is -0.168. The van der Waals surface area contributed by atoms with Crippen LogP contribution in [0, 0.1) is 0 Å². The van der Waals surface area contributed by atoms with Crippen LogP contribution >= 0.6 is 15.9 Å². The average Bonchev–Trinajstić information content (AvgIpc) is 3.09. The van der Waals surface area contributed by atoms with Gasteiger partial charge in [-0.25, -0.2) is 4.68 Å². The molecule has 1 atom stereocenters. The van der Waals surface area contributed by atoms with E-state index in [0.717, 1.165) is 15.6 Å². The van der Waals surface area contributed by atoms with E-state index in [1.807, 2.05) is 67.7 Å². The molecule has 0 spiro atoms. The molecule has 0 saturated carbocycles. The fraction of sp³-hybridized carbons (Fsp3) is 0.150. The molecule has 1 N–H and O–H groups in total. The van der Waals surface area contributed by atoms with Gasteiger partial charge in [-0.3, -0.25) is 4.79 Å². The predicted octanol–water partition coefficient (Wildman–Crippen LogP) is 3.98. The molecule has 0 aliphatic heterocycles. The third kappa shape index (κ3) is 5.13. The SMILES string of the molecule is C[C@H](NC(=O)/C=C/c1cn(Cc2ccccc2)nn1)c1ccc(Br)cc1. The Hall–Kier alpha value is -2.73. The number of carbonyl (C=O) groups excluding carboxylic acids is 1. The Kier molecular flexibility index (Phi) is 5.96. The molecule has 0 bridgehead atoms. The molecule has 0 aliphatic rings. The summed E-state index contributed by atoms with van der Waals surface area (Å²) in [5, 5.41) is 11.1. The number of nitrogens with zero attached hydrogens (tertiary/aromatic N) is 3. The highest BCUT2D eigenvalue weighted by Gasteiger charge is 2.07. The van der Waals surface area contributed by atoms with Crippen LogP contribution in [-0.4, -0.2) is 20.9 Å². The molecular formula is C20H19BrN4O. The Bertz CT molecular complexity index is 888. The summed E-state index contributed by atoms with van der Waals surface area (Å²) in [4.78, 5) is 12.1. The Morgan fingerprint density at radius 2 is 1.92 bits per heavy atom. The number of nitrogens with one attached hydrogen (secondary N) is 1. The average molecular weight is 411 g/mol. The van der Waals surface area contributed by atoms with Crippen molar-refractivity contribution in [3.8, 4) is 0 Å². The van der Waals surface area contributed by atoms with Gasteiger partial charge >= 0.3 is 0 Å². The van der Waals surface area contributed by atoms with E-state index in [2.05, 4.69) is 31.6 Å². The minimum Gasteiger partial charge on any atom is -0.346 e. The maximum atomic E-state index is 12.1. The minimum absolute atomic E-state index is 0.0750. The van der Waals surface area contributed by atoms with Crippen molar-refractivity contribution in [1.82, 2.24) is 20.3 Å². The molecule has 1 aromatic heterocycles. The van der Waals surface area contributed by atoms with E-state index in [0.29, 0.717) is 12.2 Å². The van der Waals surface area contributed by atoms with Gasteiger partial charge in [-0.15, -0.1) is 5.10 Å². The highest BCUT2D eigenvalue weighted by Crippen LogP contribution is 2.16. The quantitative estimate of drug-likeness (QED) is 0.625. The molecule has 6 heteroatoms. The summed E-state index contributed by atoms with van der Waals surface area (Å²) in [7, 11) is 0. The first-order valence-corrected chi connectivity index (χ1v) is 9.07. The lowest BCUT2D eigenvalue weighted by Crippen LogP contribution is -2.24. The lowest BCUT2D eigenvalue weighted by atomic mass is 10.1. The zero-order chi connectivity index (χ0) is 18.4. The van der Waals surface area contributed by atoms with Gasteiger partial charge in [0.1, 0.15) is 5.69 Å². The van der Waals surface area contributed by atoms with Crippen LogP contribution in [0.4, 0.5) is 0 Å². The van der Waals surface area contributed by atoms with Gasteiger partial charge in [-0.05, 0) is 36.3 Å². The van der Waals surface area contributed by atoms with E-state index in [1.165, 1.54) is 6.08 Å². The van der Waals surface area contributed by atoms with Crippen LogP contribution in [0.3, 0.4) is 0 Å². The van der Waals surface area contributed by atoms with E-state index < -0.39 is 0 Å². The van der Waals surface area contributed by atoms with Gasteiger partial charge in [0.2, 0.25) is 5.91 Å². The molecule has 0 unspecified atom stereocenters. The van der Waals surface area contributed by atoms with E-state index >= 15 is 0 Å². The lowest BCUT2D eigenvalue weighted by molar-refractivity contribution is -0.117. The van der Waals surface area contributed by atoms with Gasteiger partial charge in [0.25, 0.3) is 0 Å². The van der Waals surface area contributed by atoms with Gasteiger partial charge in [0, 0.05) is 10.5 Å². The molecule has 132 valence electrons. The van der Waals surface area contributed by atoms with Crippen molar-refractivity contribution in [2.24, 2.45) is 0 Å². The van der Waals surface area contributed by atoms with Crippen molar-refractivity contribution < 1.29 is 4.79 Å². The van der Waals surface area contributed by atoms with Gasteiger partial charge in [0.05, 0.1) is 18.8 Å². The molecule has 3 rings (SSSR count). The number of aromatic nitrogens is 3. The number of rotatable bonds is 6. The number of hydrogen-bond donors (Lipinski definition) is 1. The molecular weight excluding hydrogens is 392 g/mol. The molecule has 0 saturated heterocycles. The normalized spacial score (nSPS) is 12.2. The fourth-order valence-electron chi connectivity index (χ4n) is 2.49. The zero-order valence-corrected chi connectivity index (χ0v) is 15.9. The molecule has 3 aromatic rings. The summed E-state index contributed by atoms with van der Waals surface area (Å²) in [5.41, 5.74) is 2.84. The fourth-order valence-corrected chi connectivity index (χ4v) is 2.76. The Balaban J connectivity index is 1.55. The summed E-state index contributed by atoms with van der Waals surface area (Å²) in [6, 6.07) is 17.8. The first kappa shape index (κ1) is 18.1. The molecule has 0 radical (unpaired) electrons. The monoisotopic (exact) mass is 410 g/mol. The van der Waals surface area contributed by atoms with E-state index in [9.17, 15) is 4.79 Å². The third-order valence-electron chi connectivity index (χ3n) is 3.88. The largest absolute Gasteiger partial charge is 0.346 e. The number of benzene rings is 2. The molecule has 0 aliphatic carbocycles. The van der Waals surface area contributed by atoms with Crippen molar-refractivity contribution in [2.45, 2.75) is 19.5 Å². The third-order valence-corrected chi connectivity index (χ3v) is 4.41. The van der Waals surface area contributed by atoms with Crippen LogP contribution in [-0.2, 0) is 11.3 Å². The number of hydrogen-bond acceptors (Lipinski definition) is 3. The maximum Gasteiger partial charge on any atom is 0.244 e. The van der Waals surface area contributed by atoms with Crippen LogP contribution in [0.1, 0.15) is 29.8 Å². The van der Waals surface area contributed by atoms with Crippen molar-refractivity contribution in [1.29, 1.82) is 0 Å². The predicted molar refractivity (Wildman–Crippen MR) is 105 cm³/mol. The van der Waals surface area contributed by atoms with Crippen molar-refractivity contribution in [3.05, 3.63) is 88.2 Å². The summed E-state index contributed by atoms with van der Waals surface area (Å²) < 4.78 is 2.76. The standard InChI is InChI=1S/C20H19BrN4O/c1-15(17-7-9-18(21)10-8-17)22-20(26)12-11-19-14-25(24-23-19)13-16-5-3-2-4-6-16/h2-12,14-15H,13H2,1H3,(H,22,26)/b12-11+/t15-/m0/s1. The van der Waals surface area contributed by atoms with Gasteiger partial charge < -0.3 is 5.32 Å². The van der Waals surface area contributed by atoms with E-state index in [4.69, 9.17) is 0 Å². The van der Waals surface area contributed by atoms with Crippen molar-refractivity contribution in [2.75, 3.05) is 0 Å². The molecule has 1 heterocycles. The highest BCUT2D eigenvalue weighted by atomic mass is 79.9. The van der Waals surface area contributed by atoms with Gasteiger partial charge in [0.15, 0.2) is 0 Å². The van der Waals surface area contributed by atoms with Crippen LogP contribution in [0.15, 0.2) is 71.3 Å². The Morgan fingerprint density at radius 3 is 2.65 bits per heavy atom. The van der Waals surface area contributed by atoms with Crippen LogP contribution < -0.4 is 5.32 Å². The highest BCUT2D eigenvalue weighted by molar-refractivity contribution is 9.10. The maximum absolute atomic E-state index is 12.1. The smallest absolute Gasteiger partial charge is 0.244 e. The second-order valence-corrected chi connectivity index (χ2v) is 6.86. The molecule has 5 nitrogen and oxygen atoms in total. The molecule has 1 amide bonds.